The summed E-state index contributed by atoms with van der Waals surface area (Å²) in [6.07, 6.45) is 3.17. The minimum atomic E-state index is -1.06. The monoisotopic (exact) mass is 515 g/mol. The average molecular weight is 516 g/mol. The van der Waals surface area contributed by atoms with Crippen molar-refractivity contribution in [3.05, 3.63) is 0 Å². The van der Waals surface area contributed by atoms with Crippen molar-refractivity contribution in [3.8, 4) is 0 Å². The largest absolute Gasteiger partial charge is 0.394 e. The van der Waals surface area contributed by atoms with Crippen LogP contribution in [-0.4, -0.2) is 76.0 Å². The summed E-state index contributed by atoms with van der Waals surface area (Å²) in [5, 5.41) is 16.1. The van der Waals surface area contributed by atoms with Gasteiger partial charge in [0, 0.05) is 17.9 Å². The number of nitrogens with zero attached hydrogens (tertiary/aromatic N) is 1. The molecule has 3 heterocycles. The van der Waals surface area contributed by atoms with Crippen molar-refractivity contribution in [2.75, 3.05) is 19.7 Å². The van der Waals surface area contributed by atoms with Crippen LogP contribution in [0.3, 0.4) is 0 Å². The van der Waals surface area contributed by atoms with Gasteiger partial charge in [0.15, 0.2) is 0 Å². The predicted octanol–water partition coefficient (Wildman–Crippen LogP) is 1.58. The quantitative estimate of drug-likeness (QED) is 0.286. The van der Waals surface area contributed by atoms with Gasteiger partial charge in [-0.1, -0.05) is 50.0 Å². The van der Waals surface area contributed by atoms with Gasteiger partial charge in [0.2, 0.25) is 17.7 Å². The molecule has 182 valence electrons. The van der Waals surface area contributed by atoms with Crippen molar-refractivity contribution >= 4 is 33.7 Å². The van der Waals surface area contributed by atoms with E-state index in [1.54, 1.807) is 4.90 Å². The molecule has 3 fully saturated rings. The first-order chi connectivity index (χ1) is 15.2. The standard InChI is InChI=1S/C23H38BrN3O5/c1-5-7-9-26-21(30)19-23-11-15(24)18(32-23)16(20(29)25-8-6-2)17(23)22(31)27(19)14(12-28)10-13(3)4/h13-19,28H,5-12H2,1-4H3,(H,25,29)(H,26,30)/t14-,15?,16+,17+,18+,19?,23?/m1/s1. The number of carbonyl (C=O) groups is 3. The maximum atomic E-state index is 13.9. The Hall–Kier alpha value is -1.19. The summed E-state index contributed by atoms with van der Waals surface area (Å²) in [4.78, 5) is 41.9. The van der Waals surface area contributed by atoms with Gasteiger partial charge < -0.3 is 25.4 Å². The fourth-order valence-electron chi connectivity index (χ4n) is 5.73. The number of fused-ring (bicyclic) bond motifs is 1. The maximum Gasteiger partial charge on any atom is 0.245 e. The van der Waals surface area contributed by atoms with Gasteiger partial charge in [0.1, 0.15) is 11.6 Å². The third-order valence-corrected chi connectivity index (χ3v) is 7.85. The highest BCUT2D eigenvalue weighted by Gasteiger charge is 2.76. The van der Waals surface area contributed by atoms with Crippen LogP contribution in [0.4, 0.5) is 0 Å². The zero-order valence-corrected chi connectivity index (χ0v) is 21.2. The molecule has 7 atom stereocenters. The zero-order chi connectivity index (χ0) is 23.6. The van der Waals surface area contributed by atoms with E-state index in [-0.39, 0.29) is 35.1 Å². The van der Waals surface area contributed by atoms with E-state index in [1.807, 2.05) is 27.7 Å². The van der Waals surface area contributed by atoms with E-state index in [9.17, 15) is 19.5 Å². The van der Waals surface area contributed by atoms with Crippen LogP contribution in [0.1, 0.15) is 59.8 Å². The SMILES string of the molecule is CCCCNC(=O)C1N([C@@H](CO)CC(C)C)C(=O)[C@@H]2[C@H](C(=O)NCCC)[C@H]3OC12CC3Br. The molecule has 3 saturated heterocycles. The van der Waals surface area contributed by atoms with E-state index < -0.39 is 35.6 Å². The van der Waals surface area contributed by atoms with Crippen LogP contribution >= 0.6 is 15.9 Å². The Morgan fingerprint density at radius 3 is 2.50 bits per heavy atom. The number of halogens is 1. The molecule has 32 heavy (non-hydrogen) atoms. The van der Waals surface area contributed by atoms with E-state index in [0.29, 0.717) is 25.9 Å². The fourth-order valence-corrected chi connectivity index (χ4v) is 6.67. The Morgan fingerprint density at radius 2 is 1.91 bits per heavy atom. The number of likely N-dealkylation sites (tertiary alicyclic amines) is 1. The molecule has 3 rings (SSSR count). The lowest BCUT2D eigenvalue weighted by Crippen LogP contribution is -2.58. The van der Waals surface area contributed by atoms with Gasteiger partial charge in [0.05, 0.1) is 30.6 Å². The van der Waals surface area contributed by atoms with Crippen molar-refractivity contribution in [1.82, 2.24) is 15.5 Å². The second-order valence-corrected chi connectivity index (χ2v) is 11.0. The van der Waals surface area contributed by atoms with Gasteiger partial charge in [-0.25, -0.2) is 0 Å². The molecule has 0 saturated carbocycles. The second kappa shape index (κ2) is 10.4. The van der Waals surface area contributed by atoms with E-state index in [1.165, 1.54) is 0 Å². The first kappa shape index (κ1) is 25.4. The highest BCUT2D eigenvalue weighted by atomic mass is 79.9. The summed E-state index contributed by atoms with van der Waals surface area (Å²) in [5.74, 6) is -1.85. The Morgan fingerprint density at radius 1 is 1.22 bits per heavy atom. The highest BCUT2D eigenvalue weighted by Crippen LogP contribution is 2.60. The Kier molecular flexibility index (Phi) is 8.25. The van der Waals surface area contributed by atoms with Gasteiger partial charge in [-0.15, -0.1) is 0 Å². The van der Waals surface area contributed by atoms with Crippen molar-refractivity contribution in [3.63, 3.8) is 0 Å². The van der Waals surface area contributed by atoms with Crippen LogP contribution in [-0.2, 0) is 19.1 Å². The molecule has 2 bridgehead atoms. The minimum Gasteiger partial charge on any atom is -0.394 e. The zero-order valence-electron chi connectivity index (χ0n) is 19.6. The van der Waals surface area contributed by atoms with Crippen LogP contribution < -0.4 is 10.6 Å². The van der Waals surface area contributed by atoms with Gasteiger partial charge in [-0.05, 0) is 31.6 Å². The van der Waals surface area contributed by atoms with Crippen LogP contribution in [0.15, 0.2) is 0 Å². The lowest BCUT2D eigenvalue weighted by molar-refractivity contribution is -0.146. The van der Waals surface area contributed by atoms with Gasteiger partial charge >= 0.3 is 0 Å². The molecule has 3 unspecified atom stereocenters. The summed E-state index contributed by atoms with van der Waals surface area (Å²) in [6.45, 7) is 8.88. The molecule has 1 spiro atoms. The number of aliphatic hydroxyl groups excluding tert-OH is 1. The summed E-state index contributed by atoms with van der Waals surface area (Å²) in [5.41, 5.74) is -1.06. The smallest absolute Gasteiger partial charge is 0.245 e. The number of hydrogen-bond acceptors (Lipinski definition) is 5. The van der Waals surface area contributed by atoms with Gasteiger partial charge in [0.25, 0.3) is 0 Å². The molecule has 9 heteroatoms. The van der Waals surface area contributed by atoms with Gasteiger partial charge in [-0.2, -0.15) is 0 Å². The number of rotatable bonds is 11. The molecule has 0 radical (unpaired) electrons. The number of nitrogens with one attached hydrogen (secondary N) is 2. The summed E-state index contributed by atoms with van der Waals surface area (Å²) >= 11 is 3.66. The van der Waals surface area contributed by atoms with E-state index in [4.69, 9.17) is 4.74 Å². The fraction of sp³-hybridized carbons (Fsp3) is 0.870. The number of aliphatic hydroxyl groups is 1. The second-order valence-electron chi connectivity index (χ2n) is 9.81. The third-order valence-electron chi connectivity index (χ3n) is 7.00. The lowest BCUT2D eigenvalue weighted by Gasteiger charge is -2.37. The first-order valence-electron chi connectivity index (χ1n) is 12.0. The molecule has 0 aromatic heterocycles. The van der Waals surface area contributed by atoms with Gasteiger partial charge in [-0.3, -0.25) is 14.4 Å². The summed E-state index contributed by atoms with van der Waals surface area (Å²) in [6, 6.07) is -1.36. The molecular formula is C23H38BrN3O5. The van der Waals surface area contributed by atoms with Crippen molar-refractivity contribution < 1.29 is 24.2 Å². The first-order valence-corrected chi connectivity index (χ1v) is 12.9. The Balaban J connectivity index is 2.01. The number of unbranched alkanes of at least 4 members (excludes halogenated alkanes) is 1. The van der Waals surface area contributed by atoms with E-state index >= 15 is 0 Å². The topological polar surface area (TPSA) is 108 Å². The van der Waals surface area contributed by atoms with Crippen LogP contribution in [0.25, 0.3) is 0 Å². The minimum absolute atomic E-state index is 0.118. The molecule has 3 aliphatic rings. The lowest BCUT2D eigenvalue weighted by atomic mass is 9.70. The maximum absolute atomic E-state index is 13.9. The summed E-state index contributed by atoms with van der Waals surface area (Å²) in [7, 11) is 0. The molecule has 3 N–H and O–H groups in total. The molecule has 0 aliphatic carbocycles. The Bertz CT molecular complexity index is 720. The molecular weight excluding hydrogens is 478 g/mol. The van der Waals surface area contributed by atoms with Crippen LogP contribution in [0, 0.1) is 17.8 Å². The normalized spacial score (nSPS) is 34.2. The Labute approximate surface area is 199 Å². The molecule has 0 aromatic rings. The molecule has 3 aliphatic heterocycles. The average Bonchev–Trinajstić information content (AvgIpc) is 3.33. The number of amides is 3. The third kappa shape index (κ3) is 4.32. The number of carbonyl (C=O) groups excluding carboxylic acids is 3. The van der Waals surface area contributed by atoms with Crippen LogP contribution in [0.5, 0.6) is 0 Å². The predicted molar refractivity (Wildman–Crippen MR) is 124 cm³/mol. The molecule has 0 aromatic carbocycles. The van der Waals surface area contributed by atoms with Crippen molar-refractivity contribution in [2.24, 2.45) is 17.8 Å². The number of ether oxygens (including phenoxy) is 1. The van der Waals surface area contributed by atoms with E-state index in [2.05, 4.69) is 26.6 Å². The van der Waals surface area contributed by atoms with E-state index in [0.717, 1.165) is 19.3 Å². The van der Waals surface area contributed by atoms with Crippen molar-refractivity contribution in [2.45, 2.75) is 88.4 Å². The highest BCUT2D eigenvalue weighted by molar-refractivity contribution is 9.09. The summed E-state index contributed by atoms with van der Waals surface area (Å²) < 4.78 is 6.44. The molecule has 3 amide bonds. The number of hydrogen-bond donors (Lipinski definition) is 3. The molecule has 8 nitrogen and oxygen atoms in total. The van der Waals surface area contributed by atoms with Crippen LogP contribution in [0.2, 0.25) is 0 Å². The van der Waals surface area contributed by atoms with Crippen molar-refractivity contribution in [1.29, 1.82) is 0 Å². The number of alkyl halides is 1.